The number of anilines is 2. The van der Waals surface area contributed by atoms with Crippen molar-refractivity contribution in [1.29, 1.82) is 0 Å². The van der Waals surface area contributed by atoms with Crippen molar-refractivity contribution in [1.82, 2.24) is 10.2 Å². The minimum Gasteiger partial charge on any atom is -0.360 e. The molecule has 0 spiro atoms. The summed E-state index contributed by atoms with van der Waals surface area (Å²) in [5.41, 5.74) is 0.731. The first-order valence-corrected chi connectivity index (χ1v) is 9.11. The summed E-state index contributed by atoms with van der Waals surface area (Å²) in [7, 11) is 0. The number of carbonyl (C=O) groups is 1. The largest absolute Gasteiger partial charge is 0.360 e. The quantitative estimate of drug-likeness (QED) is 0.549. The smallest absolute Gasteiger partial charge is 0.234 e. The third kappa shape index (κ3) is 5.82. The molecule has 0 aliphatic rings. The molecule has 0 atom stereocenters. The second-order valence-electron chi connectivity index (χ2n) is 4.50. The zero-order chi connectivity index (χ0) is 15.8. The van der Waals surface area contributed by atoms with Gasteiger partial charge in [0.2, 0.25) is 11.0 Å². The van der Waals surface area contributed by atoms with Crippen molar-refractivity contribution < 1.29 is 4.79 Å². The Hall–Kier alpha value is -1.31. The van der Waals surface area contributed by atoms with Gasteiger partial charge in [-0.05, 0) is 30.7 Å². The fourth-order valence-electron chi connectivity index (χ4n) is 1.57. The van der Waals surface area contributed by atoms with Gasteiger partial charge < -0.3 is 10.6 Å². The molecule has 0 fully saturated rings. The number of thioether (sulfide) groups is 1. The minimum absolute atomic E-state index is 0.0805. The first kappa shape index (κ1) is 17.1. The summed E-state index contributed by atoms with van der Waals surface area (Å²) in [5.74, 6) is 0.217. The summed E-state index contributed by atoms with van der Waals surface area (Å²) >= 11 is 8.64. The predicted octanol–water partition coefficient (Wildman–Crippen LogP) is 4.13. The average molecular weight is 357 g/mol. The second kappa shape index (κ2) is 8.97. The lowest BCUT2D eigenvalue weighted by atomic mass is 10.3. The van der Waals surface area contributed by atoms with E-state index in [4.69, 9.17) is 11.6 Å². The van der Waals surface area contributed by atoms with Crippen LogP contribution in [-0.4, -0.2) is 28.4 Å². The fourth-order valence-corrected chi connectivity index (χ4v) is 3.27. The Bertz CT molecular complexity index is 603. The predicted molar refractivity (Wildman–Crippen MR) is 94.1 cm³/mol. The van der Waals surface area contributed by atoms with Gasteiger partial charge in [-0.25, -0.2) is 0 Å². The highest BCUT2D eigenvalue weighted by Crippen LogP contribution is 2.25. The summed E-state index contributed by atoms with van der Waals surface area (Å²) in [5, 5.41) is 15.6. The van der Waals surface area contributed by atoms with E-state index in [9.17, 15) is 4.79 Å². The topological polar surface area (TPSA) is 66.9 Å². The van der Waals surface area contributed by atoms with Crippen LogP contribution in [0.5, 0.6) is 0 Å². The van der Waals surface area contributed by atoms with Gasteiger partial charge in [-0.15, -0.1) is 10.2 Å². The number of hydrogen-bond acceptors (Lipinski definition) is 6. The molecule has 0 saturated heterocycles. The SMILES string of the molecule is CCCCNc1nnc(SCC(=O)Nc2ccc(Cl)cc2)s1. The molecule has 22 heavy (non-hydrogen) atoms. The highest BCUT2D eigenvalue weighted by atomic mass is 35.5. The molecule has 0 radical (unpaired) electrons. The maximum atomic E-state index is 11.9. The van der Waals surface area contributed by atoms with Crippen molar-refractivity contribution in [3.05, 3.63) is 29.3 Å². The van der Waals surface area contributed by atoms with E-state index < -0.39 is 0 Å². The van der Waals surface area contributed by atoms with E-state index in [1.54, 1.807) is 24.3 Å². The molecule has 8 heteroatoms. The molecule has 2 N–H and O–H groups in total. The second-order valence-corrected chi connectivity index (χ2v) is 7.13. The molecule has 1 aromatic heterocycles. The number of amides is 1. The zero-order valence-corrected chi connectivity index (χ0v) is 14.5. The number of unbranched alkanes of at least 4 members (excludes halogenated alkanes) is 1. The van der Waals surface area contributed by atoms with Crippen LogP contribution >= 0.6 is 34.7 Å². The molecule has 118 valence electrons. The Morgan fingerprint density at radius 2 is 2.09 bits per heavy atom. The van der Waals surface area contributed by atoms with E-state index in [0.717, 1.165) is 34.5 Å². The highest BCUT2D eigenvalue weighted by molar-refractivity contribution is 8.01. The first-order chi connectivity index (χ1) is 10.7. The Morgan fingerprint density at radius 1 is 1.32 bits per heavy atom. The van der Waals surface area contributed by atoms with E-state index in [1.807, 2.05) is 0 Å². The maximum absolute atomic E-state index is 11.9. The van der Waals surface area contributed by atoms with Gasteiger partial charge in [-0.1, -0.05) is 48.0 Å². The number of benzene rings is 1. The van der Waals surface area contributed by atoms with Crippen molar-refractivity contribution in [3.8, 4) is 0 Å². The zero-order valence-electron chi connectivity index (χ0n) is 12.1. The number of aromatic nitrogens is 2. The molecular weight excluding hydrogens is 340 g/mol. The van der Waals surface area contributed by atoms with Crippen molar-refractivity contribution in [2.75, 3.05) is 22.9 Å². The van der Waals surface area contributed by atoms with Gasteiger partial charge in [0.15, 0.2) is 4.34 Å². The standard InChI is InChI=1S/C14H17ClN4OS2/c1-2-3-8-16-13-18-19-14(22-13)21-9-12(20)17-11-6-4-10(15)5-7-11/h4-7H,2-3,8-9H2,1H3,(H,16,18)(H,17,20). The lowest BCUT2D eigenvalue weighted by Gasteiger charge is -2.03. The van der Waals surface area contributed by atoms with Crippen molar-refractivity contribution in [2.45, 2.75) is 24.1 Å². The molecule has 5 nitrogen and oxygen atoms in total. The summed E-state index contributed by atoms with van der Waals surface area (Å²) in [6.07, 6.45) is 2.24. The van der Waals surface area contributed by atoms with Gasteiger partial charge in [0.05, 0.1) is 5.75 Å². The minimum atomic E-state index is -0.0805. The fraction of sp³-hybridized carbons (Fsp3) is 0.357. The molecule has 0 saturated carbocycles. The summed E-state index contributed by atoms with van der Waals surface area (Å²) in [4.78, 5) is 11.9. The van der Waals surface area contributed by atoms with E-state index in [-0.39, 0.29) is 5.91 Å². The van der Waals surface area contributed by atoms with Crippen LogP contribution in [0.2, 0.25) is 5.02 Å². The van der Waals surface area contributed by atoms with Crippen molar-refractivity contribution in [3.63, 3.8) is 0 Å². The van der Waals surface area contributed by atoms with Gasteiger partial charge in [0, 0.05) is 17.3 Å². The summed E-state index contributed by atoms with van der Waals surface area (Å²) < 4.78 is 0.783. The van der Waals surface area contributed by atoms with Crippen LogP contribution in [0.25, 0.3) is 0 Å². The molecule has 1 aromatic carbocycles. The molecule has 1 amide bonds. The van der Waals surface area contributed by atoms with Gasteiger partial charge in [-0.2, -0.15) is 0 Å². The van der Waals surface area contributed by atoms with Crippen molar-refractivity contribution >= 4 is 51.4 Å². The number of hydrogen-bond donors (Lipinski definition) is 2. The highest BCUT2D eigenvalue weighted by Gasteiger charge is 2.08. The van der Waals surface area contributed by atoms with Gasteiger partial charge in [0.25, 0.3) is 0 Å². The number of nitrogens with zero attached hydrogens (tertiary/aromatic N) is 2. The third-order valence-electron chi connectivity index (χ3n) is 2.67. The van der Waals surface area contributed by atoms with Gasteiger partial charge in [-0.3, -0.25) is 4.79 Å². The van der Waals surface area contributed by atoms with Crippen molar-refractivity contribution in [2.24, 2.45) is 0 Å². The molecule has 2 rings (SSSR count). The van der Waals surface area contributed by atoms with Crippen LogP contribution in [0.3, 0.4) is 0 Å². The van der Waals surface area contributed by atoms with E-state index in [2.05, 4.69) is 27.8 Å². The number of nitrogens with one attached hydrogen (secondary N) is 2. The number of rotatable bonds is 8. The lowest BCUT2D eigenvalue weighted by molar-refractivity contribution is -0.113. The first-order valence-electron chi connectivity index (χ1n) is 6.93. The van der Waals surface area contributed by atoms with Gasteiger partial charge in [0.1, 0.15) is 0 Å². The van der Waals surface area contributed by atoms with E-state index in [1.165, 1.54) is 23.1 Å². The molecule has 0 aliphatic carbocycles. The Morgan fingerprint density at radius 3 is 2.82 bits per heavy atom. The molecule has 0 aliphatic heterocycles. The van der Waals surface area contributed by atoms with Crippen LogP contribution in [-0.2, 0) is 4.79 Å². The number of carbonyl (C=O) groups excluding carboxylic acids is 1. The van der Waals surface area contributed by atoms with Crippen LogP contribution in [0.4, 0.5) is 10.8 Å². The van der Waals surface area contributed by atoms with E-state index in [0.29, 0.717) is 10.8 Å². The average Bonchev–Trinajstić information content (AvgIpc) is 2.96. The Balaban J connectivity index is 1.75. The normalized spacial score (nSPS) is 10.5. The maximum Gasteiger partial charge on any atom is 0.234 e. The molecule has 2 aromatic rings. The monoisotopic (exact) mass is 356 g/mol. The van der Waals surface area contributed by atoms with Crippen LogP contribution < -0.4 is 10.6 Å². The molecular formula is C14H17ClN4OS2. The van der Waals surface area contributed by atoms with E-state index >= 15 is 0 Å². The summed E-state index contributed by atoms with van der Waals surface area (Å²) in [6.45, 7) is 3.04. The molecule has 0 unspecified atom stereocenters. The van der Waals surface area contributed by atoms with Gasteiger partial charge >= 0.3 is 0 Å². The molecule has 0 bridgehead atoms. The Kier molecular flexibility index (Phi) is 6.95. The Labute approximate surface area is 142 Å². The van der Waals surface area contributed by atoms with Crippen LogP contribution in [0.1, 0.15) is 19.8 Å². The third-order valence-corrected chi connectivity index (χ3v) is 4.93. The number of halogens is 1. The summed E-state index contributed by atoms with van der Waals surface area (Å²) in [6, 6.07) is 7.02. The molecule has 1 heterocycles. The van der Waals surface area contributed by atoms with Crippen LogP contribution in [0, 0.1) is 0 Å². The lowest BCUT2D eigenvalue weighted by Crippen LogP contribution is -2.13. The van der Waals surface area contributed by atoms with Crippen LogP contribution in [0.15, 0.2) is 28.6 Å².